The first-order chi connectivity index (χ1) is 10.9. The molecule has 1 aromatic carbocycles. The maximum atomic E-state index is 10.9. The minimum absolute atomic E-state index is 0.0411. The third kappa shape index (κ3) is 6.23. The molecule has 0 aliphatic carbocycles. The zero-order valence-electron chi connectivity index (χ0n) is 12.5. The van der Waals surface area contributed by atoms with Crippen LogP contribution < -0.4 is 5.48 Å². The number of carbonyl (C=O) groups excluding carboxylic acids is 1. The highest BCUT2D eigenvalue weighted by Crippen LogP contribution is 2.37. The topological polar surface area (TPSA) is 99.0 Å². The van der Waals surface area contributed by atoms with Crippen molar-refractivity contribution in [2.75, 3.05) is 6.61 Å². The molecule has 0 aromatic heterocycles. The van der Waals surface area contributed by atoms with E-state index in [0.29, 0.717) is 34.0 Å². The number of amides is 1. The highest BCUT2D eigenvalue weighted by atomic mass is 79.9. The number of hydrogen-bond donors (Lipinski definition) is 4. The lowest BCUT2D eigenvalue weighted by atomic mass is 9.99. The van der Waals surface area contributed by atoms with Crippen LogP contribution in [0.2, 0.25) is 0 Å². The standard InChI is InChI=1S/C15H19Br2NO5/c1-2-23-12(5-3-4-6-13(19)18-22)15(21)10-7-9(16)8-11(17)14(10)20/h4,6-8,12,15,20-22H,2-3,5H2,1H3,(H,18,19)/b6-4+/t12-,15-/m0/s1. The Labute approximate surface area is 151 Å². The first-order valence-corrected chi connectivity index (χ1v) is 8.57. The van der Waals surface area contributed by atoms with E-state index in [1.54, 1.807) is 18.2 Å². The van der Waals surface area contributed by atoms with E-state index in [4.69, 9.17) is 9.94 Å². The van der Waals surface area contributed by atoms with Crippen molar-refractivity contribution in [3.63, 3.8) is 0 Å². The molecule has 1 rings (SSSR count). The van der Waals surface area contributed by atoms with Gasteiger partial charge >= 0.3 is 0 Å². The lowest BCUT2D eigenvalue weighted by Crippen LogP contribution is -2.22. The number of phenols is 1. The number of ether oxygens (including phenoxy) is 1. The highest BCUT2D eigenvalue weighted by Gasteiger charge is 2.24. The molecule has 1 aromatic rings. The molecule has 0 radical (unpaired) electrons. The number of aliphatic hydroxyl groups excluding tert-OH is 1. The molecule has 0 saturated carbocycles. The summed E-state index contributed by atoms with van der Waals surface area (Å²) in [5.74, 6) is -0.660. The van der Waals surface area contributed by atoms with Crippen LogP contribution in [-0.4, -0.2) is 34.0 Å². The van der Waals surface area contributed by atoms with Crippen molar-refractivity contribution in [1.29, 1.82) is 0 Å². The lowest BCUT2D eigenvalue weighted by Gasteiger charge is -2.24. The number of benzene rings is 1. The second-order valence-corrected chi connectivity index (χ2v) is 6.49. The Morgan fingerprint density at radius 3 is 2.74 bits per heavy atom. The average Bonchev–Trinajstić information content (AvgIpc) is 2.52. The molecule has 0 aliphatic rings. The summed E-state index contributed by atoms with van der Waals surface area (Å²) in [5.41, 5.74) is 1.85. The van der Waals surface area contributed by atoms with E-state index in [1.165, 1.54) is 11.6 Å². The van der Waals surface area contributed by atoms with E-state index in [-0.39, 0.29) is 5.75 Å². The summed E-state index contributed by atoms with van der Waals surface area (Å²) >= 11 is 6.55. The Hall–Kier alpha value is -0.930. The van der Waals surface area contributed by atoms with Gasteiger partial charge in [0, 0.05) is 22.7 Å². The van der Waals surface area contributed by atoms with E-state index in [0.717, 1.165) is 0 Å². The summed E-state index contributed by atoms with van der Waals surface area (Å²) in [5, 5.41) is 29.0. The molecule has 128 valence electrons. The van der Waals surface area contributed by atoms with E-state index < -0.39 is 18.1 Å². The summed E-state index contributed by atoms with van der Waals surface area (Å²) in [6, 6.07) is 3.31. The Balaban J connectivity index is 2.84. The number of allylic oxidation sites excluding steroid dienone is 1. The second kappa shape index (κ2) is 10.0. The van der Waals surface area contributed by atoms with Crippen LogP contribution >= 0.6 is 31.9 Å². The van der Waals surface area contributed by atoms with Gasteiger partial charge in [-0.3, -0.25) is 10.0 Å². The zero-order valence-corrected chi connectivity index (χ0v) is 15.7. The Kier molecular flexibility index (Phi) is 8.78. The smallest absolute Gasteiger partial charge is 0.267 e. The summed E-state index contributed by atoms with van der Waals surface area (Å²) in [6.07, 6.45) is 2.10. The Bertz CT molecular complexity index is 565. The number of phenolic OH excluding ortho intramolecular Hbond substituents is 1. The molecule has 6 nitrogen and oxygen atoms in total. The van der Waals surface area contributed by atoms with E-state index >= 15 is 0 Å². The maximum Gasteiger partial charge on any atom is 0.267 e. The van der Waals surface area contributed by atoms with Gasteiger partial charge in [0.05, 0.1) is 10.6 Å². The van der Waals surface area contributed by atoms with Gasteiger partial charge in [0.15, 0.2) is 0 Å². The van der Waals surface area contributed by atoms with Crippen LogP contribution in [0.15, 0.2) is 33.2 Å². The number of halogens is 2. The molecule has 1 amide bonds. The van der Waals surface area contributed by atoms with Crippen molar-refractivity contribution >= 4 is 37.8 Å². The number of aliphatic hydroxyl groups is 1. The number of carbonyl (C=O) groups is 1. The van der Waals surface area contributed by atoms with Crippen LogP contribution in [0.5, 0.6) is 5.75 Å². The van der Waals surface area contributed by atoms with Crippen molar-refractivity contribution in [1.82, 2.24) is 5.48 Å². The first kappa shape index (κ1) is 20.1. The third-order valence-electron chi connectivity index (χ3n) is 3.11. The molecule has 4 N–H and O–H groups in total. The van der Waals surface area contributed by atoms with E-state index in [2.05, 4.69) is 31.9 Å². The molecule has 0 saturated heterocycles. The van der Waals surface area contributed by atoms with Gasteiger partial charge in [-0.05, 0) is 47.8 Å². The van der Waals surface area contributed by atoms with Gasteiger partial charge in [0.25, 0.3) is 5.91 Å². The van der Waals surface area contributed by atoms with E-state index in [1.807, 2.05) is 6.92 Å². The molecular weight excluding hydrogens is 434 g/mol. The fraction of sp³-hybridized carbons (Fsp3) is 0.400. The van der Waals surface area contributed by atoms with Gasteiger partial charge in [-0.25, -0.2) is 5.48 Å². The van der Waals surface area contributed by atoms with Crippen LogP contribution in [0.25, 0.3) is 0 Å². The van der Waals surface area contributed by atoms with Gasteiger partial charge in [-0.15, -0.1) is 0 Å². The fourth-order valence-corrected chi connectivity index (χ4v) is 3.30. The van der Waals surface area contributed by atoms with Crippen LogP contribution in [0.3, 0.4) is 0 Å². The number of rotatable bonds is 8. The first-order valence-electron chi connectivity index (χ1n) is 6.98. The molecule has 0 heterocycles. The van der Waals surface area contributed by atoms with Gasteiger partial charge in [-0.1, -0.05) is 22.0 Å². The molecule has 0 spiro atoms. The maximum absolute atomic E-state index is 10.9. The number of aromatic hydroxyl groups is 1. The molecule has 2 atom stereocenters. The normalized spacial score (nSPS) is 14.0. The second-order valence-electron chi connectivity index (χ2n) is 4.72. The molecule has 23 heavy (non-hydrogen) atoms. The number of hydroxylamine groups is 1. The summed E-state index contributed by atoms with van der Waals surface area (Å²) in [4.78, 5) is 10.9. The Morgan fingerprint density at radius 1 is 1.43 bits per heavy atom. The largest absolute Gasteiger partial charge is 0.506 e. The van der Waals surface area contributed by atoms with Crippen LogP contribution in [0, 0.1) is 0 Å². The van der Waals surface area contributed by atoms with Gasteiger partial charge in [0.2, 0.25) is 0 Å². The molecular formula is C15H19Br2NO5. The summed E-state index contributed by atoms with van der Waals surface area (Å²) in [7, 11) is 0. The highest BCUT2D eigenvalue weighted by molar-refractivity contribution is 9.11. The van der Waals surface area contributed by atoms with Gasteiger partial charge < -0.3 is 14.9 Å². The predicted octanol–water partition coefficient (Wildman–Crippen LogP) is 3.20. The molecule has 0 unspecified atom stereocenters. The van der Waals surface area contributed by atoms with Crippen molar-refractivity contribution in [3.05, 3.63) is 38.8 Å². The van der Waals surface area contributed by atoms with Gasteiger partial charge in [-0.2, -0.15) is 0 Å². The minimum Gasteiger partial charge on any atom is -0.506 e. The summed E-state index contributed by atoms with van der Waals surface area (Å²) in [6.45, 7) is 2.21. The lowest BCUT2D eigenvalue weighted by molar-refractivity contribution is -0.124. The van der Waals surface area contributed by atoms with E-state index in [9.17, 15) is 15.0 Å². The van der Waals surface area contributed by atoms with Gasteiger partial charge in [0.1, 0.15) is 11.9 Å². The Morgan fingerprint density at radius 2 is 2.13 bits per heavy atom. The molecule has 0 aliphatic heterocycles. The predicted molar refractivity (Wildman–Crippen MR) is 92.2 cm³/mol. The van der Waals surface area contributed by atoms with Crippen molar-refractivity contribution in [3.8, 4) is 5.75 Å². The summed E-state index contributed by atoms with van der Waals surface area (Å²) < 4.78 is 6.73. The minimum atomic E-state index is -1.02. The van der Waals surface area contributed by atoms with Crippen LogP contribution in [0.4, 0.5) is 0 Å². The zero-order chi connectivity index (χ0) is 17.4. The van der Waals surface area contributed by atoms with Crippen LogP contribution in [0.1, 0.15) is 31.4 Å². The van der Waals surface area contributed by atoms with Crippen LogP contribution in [-0.2, 0) is 9.53 Å². The SMILES string of the molecule is CCO[C@@H](CC/C=C/C(=O)NO)[C@@H](O)c1cc(Br)cc(Br)c1O. The molecule has 8 heteroatoms. The monoisotopic (exact) mass is 451 g/mol. The third-order valence-corrected chi connectivity index (χ3v) is 4.17. The van der Waals surface area contributed by atoms with Crippen molar-refractivity contribution in [2.45, 2.75) is 32.0 Å². The van der Waals surface area contributed by atoms with Crippen molar-refractivity contribution in [2.24, 2.45) is 0 Å². The molecule has 0 fully saturated rings. The average molecular weight is 453 g/mol. The quantitative estimate of drug-likeness (QED) is 0.276. The fourth-order valence-electron chi connectivity index (χ4n) is 2.05. The van der Waals surface area contributed by atoms with Crippen molar-refractivity contribution < 1.29 is 25.0 Å². The molecule has 0 bridgehead atoms. The number of hydrogen-bond acceptors (Lipinski definition) is 5. The number of nitrogens with one attached hydrogen (secondary N) is 1.